The largest absolute Gasteiger partial charge is 0.372 e. The number of nitrogens with zero attached hydrogens (tertiary/aromatic N) is 2. The smallest absolute Gasteiger partial charge is 0.101 e. The van der Waals surface area contributed by atoms with Crippen molar-refractivity contribution < 1.29 is 0 Å². The number of para-hydroxylation sites is 1. The fourth-order valence-electron chi connectivity index (χ4n) is 1.80. The van der Waals surface area contributed by atoms with E-state index in [1.807, 2.05) is 18.2 Å². The molecule has 1 aromatic rings. The highest BCUT2D eigenvalue weighted by molar-refractivity contribution is 5.45. The van der Waals surface area contributed by atoms with Crippen LogP contribution in [0.4, 0.5) is 5.69 Å². The Kier molecular flexibility index (Phi) is 4.99. The summed E-state index contributed by atoms with van der Waals surface area (Å²) in [6, 6.07) is 12.4. The van der Waals surface area contributed by atoms with Gasteiger partial charge in [-0.3, -0.25) is 0 Å². The molecule has 3 nitrogen and oxygen atoms in total. The van der Waals surface area contributed by atoms with Crippen molar-refractivity contribution in [2.45, 2.75) is 32.2 Å². The number of hydrogen-bond donors (Lipinski definition) is 1. The van der Waals surface area contributed by atoms with Crippen LogP contribution in [0.25, 0.3) is 0 Å². The van der Waals surface area contributed by atoms with Crippen LogP contribution in [0, 0.1) is 11.3 Å². The number of benzene rings is 1. The lowest BCUT2D eigenvalue weighted by atomic mass is 9.99. The molecule has 17 heavy (non-hydrogen) atoms. The molecule has 2 N–H and O–H groups in total. The molecule has 0 bridgehead atoms. The zero-order chi connectivity index (χ0) is 12.7. The van der Waals surface area contributed by atoms with Crippen LogP contribution in [0.15, 0.2) is 30.3 Å². The third-order valence-corrected chi connectivity index (χ3v) is 2.88. The molecule has 1 atom stereocenters. The first-order valence-corrected chi connectivity index (χ1v) is 6.09. The minimum Gasteiger partial charge on any atom is -0.372 e. The minimum atomic E-state index is -0.698. The van der Waals surface area contributed by atoms with Gasteiger partial charge in [-0.05, 0) is 38.8 Å². The van der Waals surface area contributed by atoms with E-state index in [9.17, 15) is 0 Å². The molecule has 0 aliphatic rings. The maximum Gasteiger partial charge on any atom is 0.101 e. The molecule has 0 radical (unpaired) electrons. The van der Waals surface area contributed by atoms with Gasteiger partial charge in [0.2, 0.25) is 0 Å². The molecular weight excluding hydrogens is 210 g/mol. The number of rotatable bonds is 6. The van der Waals surface area contributed by atoms with E-state index in [4.69, 9.17) is 11.0 Å². The second kappa shape index (κ2) is 6.27. The van der Waals surface area contributed by atoms with Gasteiger partial charge >= 0.3 is 0 Å². The van der Waals surface area contributed by atoms with Gasteiger partial charge in [0.05, 0.1) is 6.07 Å². The molecule has 3 heteroatoms. The second-order valence-corrected chi connectivity index (χ2v) is 4.55. The highest BCUT2D eigenvalue weighted by Gasteiger charge is 2.16. The van der Waals surface area contributed by atoms with Gasteiger partial charge in [0, 0.05) is 18.8 Å². The third kappa shape index (κ3) is 4.46. The quantitative estimate of drug-likeness (QED) is 0.818. The lowest BCUT2D eigenvalue weighted by Crippen LogP contribution is -2.35. The third-order valence-electron chi connectivity index (χ3n) is 2.88. The summed E-state index contributed by atoms with van der Waals surface area (Å²) in [4.78, 5) is 2.30. The van der Waals surface area contributed by atoms with Crippen LogP contribution in [-0.4, -0.2) is 18.6 Å². The van der Waals surface area contributed by atoms with Gasteiger partial charge < -0.3 is 10.6 Å². The Morgan fingerprint density at radius 3 is 2.53 bits per heavy atom. The Labute approximate surface area is 104 Å². The molecule has 0 aliphatic heterocycles. The van der Waals surface area contributed by atoms with Gasteiger partial charge in [-0.2, -0.15) is 5.26 Å². The normalized spacial score (nSPS) is 13.8. The Hall–Kier alpha value is -1.53. The summed E-state index contributed by atoms with van der Waals surface area (Å²) in [6.07, 6.45) is 1.66. The van der Waals surface area contributed by atoms with Gasteiger partial charge in [0.1, 0.15) is 5.54 Å². The zero-order valence-corrected chi connectivity index (χ0v) is 10.7. The van der Waals surface area contributed by atoms with Crippen LogP contribution in [0.2, 0.25) is 0 Å². The van der Waals surface area contributed by atoms with E-state index in [2.05, 4.69) is 30.0 Å². The van der Waals surface area contributed by atoms with Crippen molar-refractivity contribution in [1.29, 1.82) is 5.26 Å². The van der Waals surface area contributed by atoms with Crippen molar-refractivity contribution in [1.82, 2.24) is 0 Å². The Bertz CT molecular complexity index is 365. The molecule has 0 saturated heterocycles. The minimum absolute atomic E-state index is 0.698. The van der Waals surface area contributed by atoms with Crippen molar-refractivity contribution in [2.24, 2.45) is 5.73 Å². The summed E-state index contributed by atoms with van der Waals surface area (Å²) in [5, 5.41) is 8.84. The summed E-state index contributed by atoms with van der Waals surface area (Å²) >= 11 is 0. The summed E-state index contributed by atoms with van der Waals surface area (Å²) in [7, 11) is 0. The van der Waals surface area contributed by atoms with Crippen LogP contribution in [0.3, 0.4) is 0 Å². The molecule has 0 fully saturated rings. The molecule has 0 heterocycles. The lowest BCUT2D eigenvalue weighted by Gasteiger charge is -2.24. The molecule has 0 spiro atoms. The molecule has 1 rings (SSSR count). The lowest BCUT2D eigenvalue weighted by molar-refractivity contribution is 0.519. The van der Waals surface area contributed by atoms with Gasteiger partial charge in [-0.25, -0.2) is 0 Å². The average molecular weight is 231 g/mol. The SMILES string of the molecule is CCN(CCCC(C)(N)C#N)c1ccccc1. The molecule has 1 unspecified atom stereocenters. The second-order valence-electron chi connectivity index (χ2n) is 4.55. The maximum atomic E-state index is 8.84. The summed E-state index contributed by atoms with van der Waals surface area (Å²) in [6.45, 7) is 5.83. The van der Waals surface area contributed by atoms with Crippen molar-refractivity contribution in [3.8, 4) is 6.07 Å². The highest BCUT2D eigenvalue weighted by Crippen LogP contribution is 2.15. The van der Waals surface area contributed by atoms with E-state index >= 15 is 0 Å². The molecule has 0 saturated carbocycles. The number of nitriles is 1. The van der Waals surface area contributed by atoms with E-state index in [1.54, 1.807) is 6.92 Å². The van der Waals surface area contributed by atoms with Gasteiger partial charge in [-0.1, -0.05) is 18.2 Å². The standard InChI is InChI=1S/C14H21N3/c1-3-17(13-8-5-4-6-9-13)11-7-10-14(2,16)12-15/h4-6,8-9H,3,7,10-11,16H2,1-2H3. The summed E-state index contributed by atoms with van der Waals surface area (Å²) in [5.41, 5.74) is 6.33. The van der Waals surface area contributed by atoms with E-state index < -0.39 is 5.54 Å². The molecule has 0 aliphatic carbocycles. The van der Waals surface area contributed by atoms with E-state index in [0.717, 1.165) is 25.9 Å². The van der Waals surface area contributed by atoms with Crippen LogP contribution >= 0.6 is 0 Å². The number of anilines is 1. The monoisotopic (exact) mass is 231 g/mol. The van der Waals surface area contributed by atoms with E-state index in [1.165, 1.54) is 5.69 Å². The maximum absolute atomic E-state index is 8.84. The Morgan fingerprint density at radius 2 is 2.00 bits per heavy atom. The fourth-order valence-corrected chi connectivity index (χ4v) is 1.80. The number of hydrogen-bond acceptors (Lipinski definition) is 3. The topological polar surface area (TPSA) is 53.0 Å². The zero-order valence-electron chi connectivity index (χ0n) is 10.7. The van der Waals surface area contributed by atoms with Gasteiger partial charge in [-0.15, -0.1) is 0 Å². The van der Waals surface area contributed by atoms with Gasteiger partial charge in [0.15, 0.2) is 0 Å². The van der Waals surface area contributed by atoms with Crippen molar-refractivity contribution in [3.05, 3.63) is 30.3 Å². The highest BCUT2D eigenvalue weighted by atomic mass is 15.1. The van der Waals surface area contributed by atoms with Crippen molar-refractivity contribution in [3.63, 3.8) is 0 Å². The Balaban J connectivity index is 2.47. The van der Waals surface area contributed by atoms with Crippen LogP contribution in [-0.2, 0) is 0 Å². The fraction of sp³-hybridized carbons (Fsp3) is 0.500. The molecule has 1 aromatic carbocycles. The van der Waals surface area contributed by atoms with Crippen LogP contribution < -0.4 is 10.6 Å². The summed E-state index contributed by atoms with van der Waals surface area (Å²) < 4.78 is 0. The predicted octanol–water partition coefficient (Wildman–Crippen LogP) is 2.53. The average Bonchev–Trinajstić information content (AvgIpc) is 2.36. The van der Waals surface area contributed by atoms with E-state index in [-0.39, 0.29) is 0 Å². The molecule has 0 amide bonds. The predicted molar refractivity (Wildman–Crippen MR) is 71.8 cm³/mol. The van der Waals surface area contributed by atoms with Crippen LogP contribution in [0.5, 0.6) is 0 Å². The molecule has 92 valence electrons. The Morgan fingerprint density at radius 1 is 1.35 bits per heavy atom. The molecule has 0 aromatic heterocycles. The summed E-state index contributed by atoms with van der Waals surface area (Å²) in [5.74, 6) is 0. The first-order valence-electron chi connectivity index (χ1n) is 6.09. The first kappa shape index (κ1) is 13.5. The van der Waals surface area contributed by atoms with Crippen molar-refractivity contribution >= 4 is 5.69 Å². The van der Waals surface area contributed by atoms with Crippen LogP contribution in [0.1, 0.15) is 26.7 Å². The van der Waals surface area contributed by atoms with Crippen molar-refractivity contribution in [2.75, 3.05) is 18.0 Å². The number of nitrogens with two attached hydrogens (primary N) is 1. The van der Waals surface area contributed by atoms with Gasteiger partial charge in [0.25, 0.3) is 0 Å². The molecular formula is C14H21N3. The van der Waals surface area contributed by atoms with E-state index in [0.29, 0.717) is 0 Å². The first-order chi connectivity index (χ1) is 8.09.